The predicted molar refractivity (Wildman–Crippen MR) is 125 cm³/mol. The van der Waals surface area contributed by atoms with Gasteiger partial charge in [-0.2, -0.15) is 10.4 Å². The van der Waals surface area contributed by atoms with Crippen molar-refractivity contribution in [1.82, 2.24) is 20.4 Å². The molecule has 0 amide bonds. The minimum atomic E-state index is -0.343. The van der Waals surface area contributed by atoms with Crippen molar-refractivity contribution in [3.63, 3.8) is 0 Å². The van der Waals surface area contributed by atoms with Gasteiger partial charge in [-0.05, 0) is 56.5 Å². The number of halogens is 1. The first-order valence-electron chi connectivity index (χ1n) is 10.7. The lowest BCUT2D eigenvalue weighted by molar-refractivity contribution is 0.627. The van der Waals surface area contributed by atoms with Crippen LogP contribution in [0.2, 0.25) is 0 Å². The number of anilines is 1. The quantitative estimate of drug-likeness (QED) is 0.285. The van der Waals surface area contributed by atoms with Crippen molar-refractivity contribution in [3.05, 3.63) is 77.2 Å². The number of aliphatic imine (C=N–C) groups is 1. The van der Waals surface area contributed by atoms with Gasteiger partial charge in [0.05, 0.1) is 17.4 Å². The van der Waals surface area contributed by atoms with Gasteiger partial charge in [0.25, 0.3) is 0 Å². The van der Waals surface area contributed by atoms with Crippen LogP contribution < -0.4 is 16.4 Å². The number of hydrogen-bond acceptors (Lipinski definition) is 4. The average Bonchev–Trinajstić information content (AvgIpc) is 3.13. The summed E-state index contributed by atoms with van der Waals surface area (Å²) < 4.78 is 14.7. The summed E-state index contributed by atoms with van der Waals surface area (Å²) in [4.78, 5) is 4.65. The number of nitrogens with two attached hydrogens (primary N) is 1. The topological polar surface area (TPSA) is 104 Å². The number of nitrogens with zero attached hydrogens (tertiary/aromatic N) is 4. The molecule has 7 nitrogen and oxygen atoms in total. The highest BCUT2D eigenvalue weighted by Gasteiger charge is 2.16. The van der Waals surface area contributed by atoms with Gasteiger partial charge in [0.1, 0.15) is 23.3 Å². The number of aryl methyl sites for hydroxylation is 1. The SMILES string of the molecule is CCNC(=NCCCc1nn(-c2ccc(F)cc2)c(N)c1C#N)NC(C)c1ccccc1. The largest absolute Gasteiger partial charge is 0.382 e. The highest BCUT2D eigenvalue weighted by molar-refractivity contribution is 5.80. The Morgan fingerprint density at radius 2 is 1.94 bits per heavy atom. The van der Waals surface area contributed by atoms with Crippen molar-refractivity contribution in [2.45, 2.75) is 32.7 Å². The maximum Gasteiger partial charge on any atom is 0.191 e. The maximum atomic E-state index is 13.2. The van der Waals surface area contributed by atoms with Crippen LogP contribution in [0.15, 0.2) is 59.6 Å². The second-order valence-electron chi connectivity index (χ2n) is 7.35. The van der Waals surface area contributed by atoms with E-state index in [9.17, 15) is 9.65 Å². The van der Waals surface area contributed by atoms with E-state index in [1.807, 2.05) is 25.1 Å². The number of benzene rings is 2. The van der Waals surface area contributed by atoms with Crippen LogP contribution in [0.5, 0.6) is 0 Å². The Labute approximate surface area is 187 Å². The summed E-state index contributed by atoms with van der Waals surface area (Å²) in [6.07, 6.45) is 1.25. The Morgan fingerprint density at radius 1 is 1.22 bits per heavy atom. The molecule has 0 aliphatic rings. The van der Waals surface area contributed by atoms with Gasteiger partial charge >= 0.3 is 0 Å². The minimum Gasteiger partial charge on any atom is -0.382 e. The van der Waals surface area contributed by atoms with E-state index >= 15 is 0 Å². The molecular weight excluding hydrogens is 405 g/mol. The highest BCUT2D eigenvalue weighted by atomic mass is 19.1. The Hall–Kier alpha value is -3.86. The van der Waals surface area contributed by atoms with Gasteiger partial charge in [-0.15, -0.1) is 0 Å². The lowest BCUT2D eigenvalue weighted by atomic mass is 10.1. The summed E-state index contributed by atoms with van der Waals surface area (Å²) in [6.45, 7) is 5.43. The summed E-state index contributed by atoms with van der Waals surface area (Å²) in [7, 11) is 0. The van der Waals surface area contributed by atoms with E-state index in [1.165, 1.54) is 22.4 Å². The summed E-state index contributed by atoms with van der Waals surface area (Å²) >= 11 is 0. The van der Waals surface area contributed by atoms with Gasteiger partial charge in [0.15, 0.2) is 5.96 Å². The summed E-state index contributed by atoms with van der Waals surface area (Å²) in [5.41, 5.74) is 8.87. The summed E-state index contributed by atoms with van der Waals surface area (Å²) in [5, 5.41) is 20.7. The molecule has 32 heavy (non-hydrogen) atoms. The lowest BCUT2D eigenvalue weighted by Gasteiger charge is -2.18. The van der Waals surface area contributed by atoms with Gasteiger partial charge in [-0.3, -0.25) is 4.99 Å². The Bertz CT molecular complexity index is 1080. The molecule has 0 fully saturated rings. The van der Waals surface area contributed by atoms with Crippen LogP contribution in [0.25, 0.3) is 5.69 Å². The second-order valence-corrected chi connectivity index (χ2v) is 7.35. The Kier molecular flexibility index (Phi) is 7.81. The number of nitriles is 1. The van der Waals surface area contributed by atoms with E-state index in [-0.39, 0.29) is 17.7 Å². The van der Waals surface area contributed by atoms with Crippen LogP contribution in [-0.4, -0.2) is 28.8 Å². The molecular formula is C24H28FN7. The van der Waals surface area contributed by atoms with Gasteiger partial charge in [0.2, 0.25) is 0 Å². The second kappa shape index (κ2) is 11.0. The van der Waals surface area contributed by atoms with Crippen LogP contribution in [0.3, 0.4) is 0 Å². The van der Waals surface area contributed by atoms with Crippen LogP contribution in [0, 0.1) is 17.1 Å². The molecule has 1 unspecified atom stereocenters. The van der Waals surface area contributed by atoms with Crippen LogP contribution in [0.1, 0.15) is 43.1 Å². The zero-order chi connectivity index (χ0) is 22.9. The standard InChI is InChI=1S/C24H28FN7/c1-3-28-24(30-17(2)18-8-5-4-6-9-18)29-15-7-10-22-21(16-26)23(27)32(31-22)20-13-11-19(25)12-14-20/h4-6,8-9,11-14,17H,3,7,10,15,27H2,1-2H3,(H2,28,29,30). The monoisotopic (exact) mass is 433 g/mol. The van der Waals surface area contributed by atoms with Crippen molar-refractivity contribution in [2.75, 3.05) is 18.8 Å². The molecule has 0 saturated carbocycles. The van der Waals surface area contributed by atoms with Gasteiger partial charge in [-0.25, -0.2) is 9.07 Å². The number of guanidine groups is 1. The number of nitrogen functional groups attached to an aromatic ring is 1. The normalized spacial score (nSPS) is 12.2. The third-order valence-electron chi connectivity index (χ3n) is 5.02. The molecule has 0 radical (unpaired) electrons. The number of aromatic nitrogens is 2. The van der Waals surface area contributed by atoms with E-state index in [2.05, 4.69) is 45.9 Å². The molecule has 3 rings (SSSR count). The summed E-state index contributed by atoms with van der Waals surface area (Å²) in [5.74, 6) is 0.648. The molecule has 0 saturated heterocycles. The zero-order valence-corrected chi connectivity index (χ0v) is 18.3. The van der Waals surface area contributed by atoms with Crippen molar-refractivity contribution in [3.8, 4) is 11.8 Å². The molecule has 0 aliphatic carbocycles. The van der Waals surface area contributed by atoms with E-state index < -0.39 is 0 Å². The molecule has 0 aliphatic heterocycles. The van der Waals surface area contributed by atoms with Crippen molar-refractivity contribution < 1.29 is 4.39 Å². The third kappa shape index (κ3) is 5.64. The molecule has 166 valence electrons. The van der Waals surface area contributed by atoms with Crippen LogP contribution >= 0.6 is 0 Å². The fourth-order valence-electron chi connectivity index (χ4n) is 3.34. The van der Waals surface area contributed by atoms with Gasteiger partial charge in [0, 0.05) is 13.1 Å². The smallest absolute Gasteiger partial charge is 0.191 e. The van der Waals surface area contributed by atoms with Gasteiger partial charge in [-0.1, -0.05) is 30.3 Å². The lowest BCUT2D eigenvalue weighted by Crippen LogP contribution is -2.38. The summed E-state index contributed by atoms with van der Waals surface area (Å²) in [6, 6.07) is 18.3. The molecule has 0 spiro atoms. The number of nitrogens with one attached hydrogen (secondary N) is 2. The molecule has 1 aromatic heterocycles. The highest BCUT2D eigenvalue weighted by Crippen LogP contribution is 2.21. The molecule has 3 aromatic rings. The van der Waals surface area contributed by atoms with Gasteiger partial charge < -0.3 is 16.4 Å². The first-order chi connectivity index (χ1) is 15.5. The van der Waals surface area contributed by atoms with Crippen molar-refractivity contribution >= 4 is 11.8 Å². The predicted octanol–water partition coefficient (Wildman–Crippen LogP) is 3.71. The fourth-order valence-corrected chi connectivity index (χ4v) is 3.34. The van der Waals surface area contributed by atoms with E-state index in [0.717, 1.165) is 12.5 Å². The zero-order valence-electron chi connectivity index (χ0n) is 18.3. The van der Waals surface area contributed by atoms with E-state index in [1.54, 1.807) is 12.1 Å². The molecule has 2 aromatic carbocycles. The first-order valence-corrected chi connectivity index (χ1v) is 10.7. The van der Waals surface area contributed by atoms with E-state index in [0.29, 0.717) is 36.3 Å². The molecule has 0 bridgehead atoms. The number of rotatable bonds is 8. The first kappa shape index (κ1) is 22.8. The molecule has 4 N–H and O–H groups in total. The van der Waals surface area contributed by atoms with Crippen LogP contribution in [-0.2, 0) is 6.42 Å². The van der Waals surface area contributed by atoms with E-state index in [4.69, 9.17) is 5.73 Å². The Balaban J connectivity index is 1.65. The fraction of sp³-hybridized carbons (Fsp3) is 0.292. The average molecular weight is 434 g/mol. The molecule has 8 heteroatoms. The minimum absolute atomic E-state index is 0.116. The van der Waals surface area contributed by atoms with Crippen molar-refractivity contribution in [1.29, 1.82) is 5.26 Å². The Morgan fingerprint density at radius 3 is 2.59 bits per heavy atom. The number of hydrogen-bond donors (Lipinski definition) is 3. The molecule has 1 heterocycles. The van der Waals surface area contributed by atoms with Crippen molar-refractivity contribution in [2.24, 2.45) is 4.99 Å². The molecule has 1 atom stereocenters. The maximum absolute atomic E-state index is 13.2. The third-order valence-corrected chi connectivity index (χ3v) is 5.02. The van der Waals surface area contributed by atoms with Crippen LogP contribution in [0.4, 0.5) is 10.2 Å².